The first-order valence-electron chi connectivity index (χ1n) is 6.31. The summed E-state index contributed by atoms with van der Waals surface area (Å²) in [7, 11) is 0. The van der Waals surface area contributed by atoms with E-state index in [0.29, 0.717) is 6.42 Å². The van der Waals surface area contributed by atoms with E-state index in [-0.39, 0.29) is 5.78 Å². The maximum atomic E-state index is 11.9. The summed E-state index contributed by atoms with van der Waals surface area (Å²) < 4.78 is 10.5. The van der Waals surface area contributed by atoms with Crippen LogP contribution in [0.4, 0.5) is 0 Å². The van der Waals surface area contributed by atoms with Crippen molar-refractivity contribution >= 4 is 11.9 Å². The Balaban J connectivity index is 1.64. The van der Waals surface area contributed by atoms with Crippen LogP contribution in [0.25, 0.3) is 6.08 Å². The van der Waals surface area contributed by atoms with Gasteiger partial charge in [-0.1, -0.05) is 5.57 Å². The Kier molecular flexibility index (Phi) is 3.19. The molecule has 0 N–H and O–H groups in total. The van der Waals surface area contributed by atoms with Crippen LogP contribution in [0.1, 0.15) is 24.4 Å². The maximum absolute atomic E-state index is 11.9. The van der Waals surface area contributed by atoms with Crippen molar-refractivity contribution < 1.29 is 13.6 Å². The van der Waals surface area contributed by atoms with Crippen molar-refractivity contribution in [3.05, 3.63) is 65.5 Å². The van der Waals surface area contributed by atoms with Gasteiger partial charge in [0.15, 0.2) is 5.78 Å². The maximum Gasteiger partial charge on any atom is 0.182 e. The minimum Gasteiger partial charge on any atom is -0.469 e. The van der Waals surface area contributed by atoms with Crippen molar-refractivity contribution in [3.8, 4) is 0 Å². The summed E-state index contributed by atoms with van der Waals surface area (Å²) in [4.78, 5) is 11.9. The van der Waals surface area contributed by atoms with E-state index < -0.39 is 0 Å². The van der Waals surface area contributed by atoms with Crippen LogP contribution in [0, 0.1) is 0 Å². The summed E-state index contributed by atoms with van der Waals surface area (Å²) in [5.74, 6) is 1.77. The number of hydrogen-bond donors (Lipinski definition) is 0. The number of hydrogen-bond acceptors (Lipinski definition) is 3. The van der Waals surface area contributed by atoms with Crippen molar-refractivity contribution in [2.75, 3.05) is 0 Å². The van der Waals surface area contributed by atoms with Crippen LogP contribution in [0.5, 0.6) is 0 Å². The van der Waals surface area contributed by atoms with Crippen molar-refractivity contribution in [1.82, 2.24) is 0 Å². The number of aryl methyl sites for hydroxylation is 1. The molecule has 0 spiro atoms. The number of allylic oxidation sites excluding steroid dienone is 3. The van der Waals surface area contributed by atoms with E-state index in [1.165, 1.54) is 0 Å². The van der Waals surface area contributed by atoms with E-state index in [9.17, 15) is 4.79 Å². The van der Waals surface area contributed by atoms with Crippen LogP contribution in [0.3, 0.4) is 0 Å². The second-order valence-electron chi connectivity index (χ2n) is 4.61. The largest absolute Gasteiger partial charge is 0.469 e. The molecule has 2 aromatic heterocycles. The zero-order valence-electron chi connectivity index (χ0n) is 10.5. The quantitative estimate of drug-likeness (QED) is 0.780. The molecule has 0 saturated carbocycles. The molecule has 0 radical (unpaired) electrons. The van der Waals surface area contributed by atoms with Gasteiger partial charge in [-0.2, -0.15) is 0 Å². The molecule has 3 heteroatoms. The molecule has 1 aliphatic rings. The van der Waals surface area contributed by atoms with Gasteiger partial charge in [-0.25, -0.2) is 0 Å². The molecule has 0 bridgehead atoms. The molecule has 0 aliphatic heterocycles. The molecule has 2 heterocycles. The smallest absolute Gasteiger partial charge is 0.182 e. The van der Waals surface area contributed by atoms with Gasteiger partial charge in [-0.3, -0.25) is 4.79 Å². The van der Waals surface area contributed by atoms with Crippen molar-refractivity contribution in [1.29, 1.82) is 0 Å². The number of ketones is 1. The lowest BCUT2D eigenvalue weighted by Crippen LogP contribution is -1.90. The average molecular weight is 254 g/mol. The van der Waals surface area contributed by atoms with Crippen molar-refractivity contribution in [2.24, 2.45) is 0 Å². The fourth-order valence-corrected chi connectivity index (χ4v) is 2.23. The SMILES string of the molecule is O=C1C=C(CCc2ccco2)C/C1=C\c1ccco1. The van der Waals surface area contributed by atoms with Crippen LogP contribution in [0.2, 0.25) is 0 Å². The highest BCUT2D eigenvalue weighted by Gasteiger charge is 2.18. The molecular formula is C16H14O3. The standard InChI is InChI=1S/C16H14O3/c17-16-10-12(5-6-14-3-1-7-18-14)9-13(16)11-15-4-2-8-19-15/h1-4,7-8,10-11H,5-6,9H2/b13-11+. The summed E-state index contributed by atoms with van der Waals surface area (Å²) in [6.45, 7) is 0. The Hall–Kier alpha value is -2.29. The molecule has 2 aromatic rings. The zero-order valence-corrected chi connectivity index (χ0v) is 10.5. The minimum absolute atomic E-state index is 0.0887. The number of rotatable bonds is 4. The summed E-state index contributed by atoms with van der Waals surface area (Å²) in [5, 5.41) is 0. The highest BCUT2D eigenvalue weighted by molar-refractivity contribution is 6.10. The summed E-state index contributed by atoms with van der Waals surface area (Å²) >= 11 is 0. The summed E-state index contributed by atoms with van der Waals surface area (Å²) in [6, 6.07) is 7.50. The summed E-state index contributed by atoms with van der Waals surface area (Å²) in [6.07, 6.45) is 9.23. The third-order valence-electron chi connectivity index (χ3n) is 3.20. The molecule has 19 heavy (non-hydrogen) atoms. The lowest BCUT2D eigenvalue weighted by Gasteiger charge is -1.99. The van der Waals surface area contributed by atoms with Gasteiger partial charge in [0.1, 0.15) is 11.5 Å². The Labute approximate surface area is 111 Å². The third kappa shape index (κ3) is 2.76. The molecule has 3 rings (SSSR count). The third-order valence-corrected chi connectivity index (χ3v) is 3.20. The number of furan rings is 2. The van der Waals surface area contributed by atoms with Crippen LogP contribution < -0.4 is 0 Å². The van der Waals surface area contributed by atoms with Gasteiger partial charge in [-0.05, 0) is 49.3 Å². The van der Waals surface area contributed by atoms with Crippen LogP contribution in [-0.2, 0) is 11.2 Å². The van der Waals surface area contributed by atoms with Crippen molar-refractivity contribution in [3.63, 3.8) is 0 Å². The molecule has 1 aliphatic carbocycles. The van der Waals surface area contributed by atoms with Gasteiger partial charge in [0.2, 0.25) is 0 Å². The van der Waals surface area contributed by atoms with Crippen LogP contribution >= 0.6 is 0 Å². The Bertz CT molecular complexity index is 613. The molecule has 0 saturated heterocycles. The molecule has 0 fully saturated rings. The number of carbonyl (C=O) groups excluding carboxylic acids is 1. The van der Waals surface area contributed by atoms with Gasteiger partial charge in [0.25, 0.3) is 0 Å². The predicted octanol–water partition coefficient (Wildman–Crippen LogP) is 3.79. The van der Waals surface area contributed by atoms with Crippen LogP contribution in [-0.4, -0.2) is 5.78 Å². The van der Waals surface area contributed by atoms with E-state index in [4.69, 9.17) is 8.83 Å². The highest BCUT2D eigenvalue weighted by Crippen LogP contribution is 2.27. The first kappa shape index (κ1) is 11.8. The predicted molar refractivity (Wildman–Crippen MR) is 71.4 cm³/mol. The Morgan fingerprint density at radius 1 is 1.11 bits per heavy atom. The van der Waals surface area contributed by atoms with Gasteiger partial charge in [-0.15, -0.1) is 0 Å². The molecular weight excluding hydrogens is 240 g/mol. The van der Waals surface area contributed by atoms with Gasteiger partial charge < -0.3 is 8.83 Å². The van der Waals surface area contributed by atoms with Gasteiger partial charge in [0, 0.05) is 12.0 Å². The van der Waals surface area contributed by atoms with Crippen LogP contribution in [0.15, 0.2) is 62.8 Å². The lowest BCUT2D eigenvalue weighted by atomic mass is 10.1. The fourth-order valence-electron chi connectivity index (χ4n) is 2.23. The van der Waals surface area contributed by atoms with Gasteiger partial charge in [0.05, 0.1) is 12.5 Å². The van der Waals surface area contributed by atoms with Gasteiger partial charge >= 0.3 is 0 Å². The molecule has 0 atom stereocenters. The lowest BCUT2D eigenvalue weighted by molar-refractivity contribution is -0.111. The molecule has 3 nitrogen and oxygen atoms in total. The Morgan fingerprint density at radius 3 is 2.68 bits per heavy atom. The minimum atomic E-state index is 0.0887. The van der Waals surface area contributed by atoms with E-state index in [1.807, 2.05) is 30.3 Å². The Morgan fingerprint density at radius 2 is 1.95 bits per heavy atom. The first-order chi connectivity index (χ1) is 9.31. The van der Waals surface area contributed by atoms with Crippen molar-refractivity contribution in [2.45, 2.75) is 19.3 Å². The molecule has 96 valence electrons. The van der Waals surface area contributed by atoms with E-state index in [0.717, 1.165) is 35.5 Å². The van der Waals surface area contributed by atoms with E-state index >= 15 is 0 Å². The summed E-state index contributed by atoms with van der Waals surface area (Å²) in [5.41, 5.74) is 1.95. The normalized spacial score (nSPS) is 17.2. The van der Waals surface area contributed by atoms with E-state index in [2.05, 4.69) is 0 Å². The highest BCUT2D eigenvalue weighted by atomic mass is 16.3. The second-order valence-corrected chi connectivity index (χ2v) is 4.61. The average Bonchev–Trinajstić information content (AvgIpc) is 3.11. The van der Waals surface area contributed by atoms with E-state index in [1.54, 1.807) is 18.6 Å². The zero-order chi connectivity index (χ0) is 13.1. The second kappa shape index (κ2) is 5.14. The fraction of sp³-hybridized carbons (Fsp3) is 0.188. The molecule has 0 unspecified atom stereocenters. The molecule has 0 amide bonds. The topological polar surface area (TPSA) is 43.4 Å². The first-order valence-corrected chi connectivity index (χ1v) is 6.31. The monoisotopic (exact) mass is 254 g/mol. The number of carbonyl (C=O) groups is 1. The molecule has 0 aromatic carbocycles.